The molecule has 1 aromatic heterocycles. The molecule has 0 unspecified atom stereocenters. The van der Waals surface area contributed by atoms with Crippen molar-refractivity contribution in [2.75, 3.05) is 19.4 Å². The van der Waals surface area contributed by atoms with Gasteiger partial charge in [0.05, 0.1) is 27.9 Å². The van der Waals surface area contributed by atoms with Crippen LogP contribution in [0.2, 0.25) is 5.02 Å². The van der Waals surface area contributed by atoms with Crippen molar-refractivity contribution in [3.8, 4) is 0 Å². The summed E-state index contributed by atoms with van der Waals surface area (Å²) in [4.78, 5) is 42.9. The predicted molar refractivity (Wildman–Crippen MR) is 113 cm³/mol. The SMILES string of the molecule is Cc1cccc2c(=O)n(CCC(=O)Nc3cc(C(=O)N(C)C)ccc3Cl)cnc12. The van der Waals surface area contributed by atoms with Crippen LogP contribution < -0.4 is 10.9 Å². The summed E-state index contributed by atoms with van der Waals surface area (Å²) in [5, 5.41) is 3.55. The number of anilines is 1. The van der Waals surface area contributed by atoms with Gasteiger partial charge < -0.3 is 10.2 Å². The van der Waals surface area contributed by atoms with Gasteiger partial charge in [-0.3, -0.25) is 19.0 Å². The summed E-state index contributed by atoms with van der Waals surface area (Å²) in [6, 6.07) is 10.1. The Bertz CT molecular complexity index is 1150. The lowest BCUT2D eigenvalue weighted by Crippen LogP contribution is -2.24. The molecule has 3 rings (SSSR count). The van der Waals surface area contributed by atoms with Gasteiger partial charge in [-0.1, -0.05) is 23.7 Å². The molecular weight excluding hydrogens is 392 g/mol. The lowest BCUT2D eigenvalue weighted by molar-refractivity contribution is -0.116. The summed E-state index contributed by atoms with van der Waals surface area (Å²) in [5.74, 6) is -0.515. The number of nitrogens with zero attached hydrogens (tertiary/aromatic N) is 3. The molecule has 3 aromatic rings. The molecule has 2 aromatic carbocycles. The molecule has 0 bridgehead atoms. The topological polar surface area (TPSA) is 84.3 Å². The van der Waals surface area contributed by atoms with Crippen molar-refractivity contribution in [1.82, 2.24) is 14.5 Å². The number of amides is 2. The number of hydrogen-bond acceptors (Lipinski definition) is 4. The molecule has 7 nitrogen and oxygen atoms in total. The molecule has 150 valence electrons. The van der Waals surface area contributed by atoms with E-state index in [4.69, 9.17) is 11.6 Å². The second-order valence-electron chi connectivity index (χ2n) is 6.91. The average molecular weight is 413 g/mol. The van der Waals surface area contributed by atoms with Crippen LogP contribution in [0.4, 0.5) is 5.69 Å². The van der Waals surface area contributed by atoms with Crippen LogP contribution in [0.3, 0.4) is 0 Å². The van der Waals surface area contributed by atoms with Gasteiger partial charge in [0.25, 0.3) is 11.5 Å². The number of nitrogens with one attached hydrogen (secondary N) is 1. The number of carbonyl (C=O) groups excluding carboxylic acids is 2. The monoisotopic (exact) mass is 412 g/mol. The Balaban J connectivity index is 1.73. The maximum atomic E-state index is 12.6. The normalized spacial score (nSPS) is 10.8. The molecule has 0 aliphatic carbocycles. The van der Waals surface area contributed by atoms with Crippen LogP contribution in [0.1, 0.15) is 22.3 Å². The zero-order chi connectivity index (χ0) is 21.1. The van der Waals surface area contributed by atoms with Gasteiger partial charge in [-0.2, -0.15) is 0 Å². The van der Waals surface area contributed by atoms with Crippen LogP contribution in [0.15, 0.2) is 47.5 Å². The molecule has 2 amide bonds. The smallest absolute Gasteiger partial charge is 0.261 e. The minimum atomic E-state index is -0.322. The highest BCUT2D eigenvalue weighted by atomic mass is 35.5. The molecule has 0 spiro atoms. The molecule has 0 aliphatic rings. The maximum absolute atomic E-state index is 12.6. The van der Waals surface area contributed by atoms with Crippen molar-refractivity contribution >= 4 is 40.0 Å². The molecule has 0 aliphatic heterocycles. The van der Waals surface area contributed by atoms with E-state index in [0.717, 1.165) is 5.56 Å². The van der Waals surface area contributed by atoms with E-state index >= 15 is 0 Å². The van der Waals surface area contributed by atoms with Gasteiger partial charge in [-0.05, 0) is 36.8 Å². The minimum absolute atomic E-state index is 0.0566. The summed E-state index contributed by atoms with van der Waals surface area (Å²) in [6.45, 7) is 2.07. The molecular formula is C21H21ClN4O3. The number of hydrogen-bond donors (Lipinski definition) is 1. The van der Waals surface area contributed by atoms with E-state index in [1.165, 1.54) is 21.9 Å². The number of aromatic nitrogens is 2. The van der Waals surface area contributed by atoms with Crippen molar-refractivity contribution in [3.05, 3.63) is 69.2 Å². The molecule has 1 N–H and O–H groups in total. The van der Waals surface area contributed by atoms with E-state index in [1.807, 2.05) is 19.1 Å². The molecule has 0 radical (unpaired) electrons. The van der Waals surface area contributed by atoms with Gasteiger partial charge >= 0.3 is 0 Å². The number of halogens is 1. The van der Waals surface area contributed by atoms with E-state index in [2.05, 4.69) is 10.3 Å². The quantitative estimate of drug-likeness (QED) is 0.697. The van der Waals surface area contributed by atoms with Crippen molar-refractivity contribution in [3.63, 3.8) is 0 Å². The van der Waals surface area contributed by atoms with E-state index in [0.29, 0.717) is 27.2 Å². The van der Waals surface area contributed by atoms with E-state index in [9.17, 15) is 14.4 Å². The average Bonchev–Trinajstić information content (AvgIpc) is 2.69. The minimum Gasteiger partial charge on any atom is -0.345 e. The Morgan fingerprint density at radius 2 is 1.97 bits per heavy atom. The lowest BCUT2D eigenvalue weighted by Gasteiger charge is -2.13. The highest BCUT2D eigenvalue weighted by Gasteiger charge is 2.13. The fourth-order valence-electron chi connectivity index (χ4n) is 2.94. The first-order valence-corrected chi connectivity index (χ1v) is 9.41. The Morgan fingerprint density at radius 3 is 2.69 bits per heavy atom. The third-order valence-corrected chi connectivity index (χ3v) is 4.86. The highest BCUT2D eigenvalue weighted by Crippen LogP contribution is 2.24. The van der Waals surface area contributed by atoms with E-state index < -0.39 is 0 Å². The number of para-hydroxylation sites is 1. The van der Waals surface area contributed by atoms with Crippen molar-refractivity contribution in [2.24, 2.45) is 0 Å². The van der Waals surface area contributed by atoms with Crippen molar-refractivity contribution < 1.29 is 9.59 Å². The van der Waals surface area contributed by atoms with Gasteiger partial charge in [-0.25, -0.2) is 4.98 Å². The third-order valence-electron chi connectivity index (χ3n) is 4.53. The zero-order valence-corrected chi connectivity index (χ0v) is 17.2. The number of carbonyl (C=O) groups is 2. The summed E-state index contributed by atoms with van der Waals surface area (Å²) < 4.78 is 1.41. The lowest BCUT2D eigenvalue weighted by atomic mass is 10.1. The number of aryl methyl sites for hydroxylation is 2. The van der Waals surface area contributed by atoms with Crippen LogP contribution in [0.5, 0.6) is 0 Å². The van der Waals surface area contributed by atoms with Gasteiger partial charge in [0.2, 0.25) is 5.91 Å². The van der Waals surface area contributed by atoms with E-state index in [1.54, 1.807) is 32.3 Å². The molecule has 8 heteroatoms. The zero-order valence-electron chi connectivity index (χ0n) is 16.4. The van der Waals surface area contributed by atoms with Crippen molar-refractivity contribution in [2.45, 2.75) is 19.9 Å². The number of fused-ring (bicyclic) bond motifs is 1. The molecule has 0 atom stereocenters. The summed E-state index contributed by atoms with van der Waals surface area (Å²) in [6.07, 6.45) is 1.51. The molecule has 29 heavy (non-hydrogen) atoms. The fraction of sp³-hybridized carbons (Fsp3) is 0.238. The fourth-order valence-corrected chi connectivity index (χ4v) is 3.11. The summed E-state index contributed by atoms with van der Waals surface area (Å²) >= 11 is 6.14. The number of benzene rings is 2. The van der Waals surface area contributed by atoms with Gasteiger partial charge in [-0.15, -0.1) is 0 Å². The largest absolute Gasteiger partial charge is 0.345 e. The Labute approximate surface area is 172 Å². The second-order valence-corrected chi connectivity index (χ2v) is 7.31. The molecule has 0 saturated carbocycles. The molecule has 1 heterocycles. The van der Waals surface area contributed by atoms with Crippen LogP contribution in [-0.2, 0) is 11.3 Å². The number of rotatable bonds is 5. The van der Waals surface area contributed by atoms with Crippen LogP contribution >= 0.6 is 11.6 Å². The summed E-state index contributed by atoms with van der Waals surface area (Å²) in [5.41, 5.74) is 2.16. The molecule has 0 fully saturated rings. The van der Waals surface area contributed by atoms with Gasteiger partial charge in [0, 0.05) is 32.6 Å². The van der Waals surface area contributed by atoms with Crippen molar-refractivity contribution in [1.29, 1.82) is 0 Å². The van der Waals surface area contributed by atoms with E-state index in [-0.39, 0.29) is 30.3 Å². The first-order valence-electron chi connectivity index (χ1n) is 9.03. The standard InChI is InChI=1S/C21H21ClN4O3/c1-13-5-4-6-15-19(13)23-12-26(21(15)29)10-9-18(27)24-17-11-14(7-8-16(17)22)20(28)25(2)3/h4-8,11-12H,9-10H2,1-3H3,(H,24,27). The van der Waals surface area contributed by atoms with Gasteiger partial charge in [0.1, 0.15) is 0 Å². The Kier molecular flexibility index (Phi) is 5.98. The second kappa shape index (κ2) is 8.45. The first-order chi connectivity index (χ1) is 13.8. The van der Waals surface area contributed by atoms with Crippen LogP contribution in [0.25, 0.3) is 10.9 Å². The summed E-state index contributed by atoms with van der Waals surface area (Å²) in [7, 11) is 3.29. The maximum Gasteiger partial charge on any atom is 0.261 e. The molecule has 0 saturated heterocycles. The predicted octanol–water partition coefficient (Wildman–Crippen LogP) is 3.09. The van der Waals surface area contributed by atoms with Crippen LogP contribution in [0, 0.1) is 6.92 Å². The Morgan fingerprint density at radius 1 is 1.21 bits per heavy atom. The van der Waals surface area contributed by atoms with Gasteiger partial charge in [0.15, 0.2) is 0 Å². The first kappa shape index (κ1) is 20.5. The van der Waals surface area contributed by atoms with Crippen LogP contribution in [-0.4, -0.2) is 40.4 Å². The Hall–Kier alpha value is -3.19. The third kappa shape index (κ3) is 4.46. The highest BCUT2D eigenvalue weighted by molar-refractivity contribution is 6.33.